The predicted molar refractivity (Wildman–Crippen MR) is 50.3 cm³/mol. The summed E-state index contributed by atoms with van der Waals surface area (Å²) < 4.78 is 20.9. The van der Waals surface area contributed by atoms with Crippen molar-refractivity contribution in [3.63, 3.8) is 0 Å². The van der Waals surface area contributed by atoms with E-state index in [4.69, 9.17) is 0 Å². The van der Waals surface area contributed by atoms with E-state index in [1.54, 1.807) is 12.0 Å². The van der Waals surface area contributed by atoms with Crippen LogP contribution in [0.25, 0.3) is 0 Å². The fourth-order valence-corrected chi connectivity index (χ4v) is 1.88. The number of rotatable bonds is 6. The summed E-state index contributed by atoms with van der Waals surface area (Å²) in [4.78, 5) is 10.4. The van der Waals surface area contributed by atoms with Crippen LogP contribution in [0.1, 0.15) is 12.8 Å². The van der Waals surface area contributed by atoms with Crippen LogP contribution in [0.4, 0.5) is 0 Å². The molecule has 0 unspecified atom stereocenters. The third-order valence-corrected chi connectivity index (χ3v) is 3.45. The molecule has 0 saturated carbocycles. The van der Waals surface area contributed by atoms with Gasteiger partial charge in [-0.3, -0.25) is 4.57 Å². The monoisotopic (exact) mass is 204 g/mol. The zero-order valence-corrected chi connectivity index (χ0v) is 8.67. The van der Waals surface area contributed by atoms with Crippen molar-refractivity contribution >= 4 is 13.5 Å². The summed E-state index contributed by atoms with van der Waals surface area (Å²) in [6, 6.07) is 0. The van der Waals surface area contributed by atoms with Gasteiger partial charge in [0, 0.05) is 14.2 Å². The number of carbonyl (C=O) groups excluding carboxylic acids is 1. The molecule has 4 nitrogen and oxygen atoms in total. The van der Waals surface area contributed by atoms with E-state index >= 15 is 0 Å². The van der Waals surface area contributed by atoms with E-state index in [0.717, 1.165) is 0 Å². The minimum Gasteiger partial charge on any atom is -0.308 e. The van der Waals surface area contributed by atoms with E-state index in [0.29, 0.717) is 12.8 Å². The van der Waals surface area contributed by atoms with Gasteiger partial charge in [0.1, 0.15) is 11.3 Å². The zero-order chi connectivity index (χ0) is 10.3. The summed E-state index contributed by atoms with van der Waals surface area (Å²) in [5.41, 5.74) is 0. The zero-order valence-electron chi connectivity index (χ0n) is 7.78. The Bertz CT molecular complexity index is 257. The van der Waals surface area contributed by atoms with Crippen molar-refractivity contribution < 1.29 is 18.4 Å². The molecule has 74 valence electrons. The van der Waals surface area contributed by atoms with Gasteiger partial charge in [-0.05, 0) is 12.8 Å². The molecule has 0 aromatic heterocycles. The van der Waals surface area contributed by atoms with Gasteiger partial charge in [-0.25, -0.2) is 4.79 Å². The Hall–Kier alpha value is -0.660. The molecule has 0 N–H and O–H groups in total. The van der Waals surface area contributed by atoms with Crippen LogP contribution in [0.3, 0.4) is 0 Å². The van der Waals surface area contributed by atoms with Gasteiger partial charge in [0.25, 0.3) is 0 Å². The van der Waals surface area contributed by atoms with Gasteiger partial charge in [0.15, 0.2) is 0 Å². The van der Waals surface area contributed by atoms with Crippen LogP contribution >= 0.6 is 7.60 Å². The average Bonchev–Trinajstić information content (AvgIpc) is 2.18. The maximum Gasteiger partial charge on any atom is 0.367 e. The van der Waals surface area contributed by atoms with Crippen LogP contribution < -0.4 is 0 Å². The smallest absolute Gasteiger partial charge is 0.308 e. The standard InChI is InChI=1S/C8H13O4P/c1-4-5-6-8(7-9)13(10,11-2)12-3/h4H,1,5-6H2,2-3H3. The molecule has 0 saturated heterocycles. The Labute approximate surface area is 77.8 Å². The SMILES string of the molecule is C=CCCC(=C=O)P(=O)(OC)OC. The quantitative estimate of drug-likeness (QED) is 0.378. The Morgan fingerprint density at radius 3 is 2.38 bits per heavy atom. The molecule has 5 heteroatoms. The van der Waals surface area contributed by atoms with E-state index in [-0.39, 0.29) is 5.31 Å². The molecular formula is C8H13O4P. The average molecular weight is 204 g/mol. The van der Waals surface area contributed by atoms with Crippen LogP contribution in [-0.4, -0.2) is 20.2 Å². The van der Waals surface area contributed by atoms with Gasteiger partial charge in [0.05, 0.1) is 0 Å². The second-order valence-electron chi connectivity index (χ2n) is 2.24. The molecule has 0 amide bonds. The number of allylic oxidation sites excluding steroid dienone is 2. The van der Waals surface area contributed by atoms with Crippen molar-refractivity contribution in [2.45, 2.75) is 12.8 Å². The minimum atomic E-state index is -3.38. The largest absolute Gasteiger partial charge is 0.367 e. The first-order valence-corrected chi connectivity index (χ1v) is 5.25. The van der Waals surface area contributed by atoms with Gasteiger partial charge in [-0.15, -0.1) is 6.58 Å². The third-order valence-electron chi connectivity index (χ3n) is 1.51. The lowest BCUT2D eigenvalue weighted by molar-refractivity contribution is 0.282. The molecule has 0 radical (unpaired) electrons. The normalized spacial score (nSPS) is 10.6. The molecular weight excluding hydrogens is 191 g/mol. The Morgan fingerprint density at radius 2 is 2.08 bits per heavy atom. The van der Waals surface area contributed by atoms with Crippen molar-refractivity contribution in [2.24, 2.45) is 0 Å². The van der Waals surface area contributed by atoms with Crippen molar-refractivity contribution in [2.75, 3.05) is 14.2 Å². The van der Waals surface area contributed by atoms with Crippen molar-refractivity contribution in [3.8, 4) is 0 Å². The first-order valence-electron chi connectivity index (χ1n) is 3.71. The van der Waals surface area contributed by atoms with Gasteiger partial charge in [-0.1, -0.05) is 6.08 Å². The molecule has 0 aromatic rings. The summed E-state index contributed by atoms with van der Waals surface area (Å²) >= 11 is 0. The van der Waals surface area contributed by atoms with Crippen LogP contribution in [-0.2, 0) is 18.4 Å². The Balaban J connectivity index is 4.66. The van der Waals surface area contributed by atoms with Crippen LogP contribution in [0.5, 0.6) is 0 Å². The lowest BCUT2D eigenvalue weighted by Crippen LogP contribution is -1.93. The van der Waals surface area contributed by atoms with Crippen LogP contribution in [0, 0.1) is 0 Å². The van der Waals surface area contributed by atoms with Crippen molar-refractivity contribution in [1.82, 2.24) is 0 Å². The summed E-state index contributed by atoms with van der Waals surface area (Å²) in [6.45, 7) is 3.49. The molecule has 0 aliphatic rings. The lowest BCUT2D eigenvalue weighted by Gasteiger charge is -2.13. The molecule has 0 atom stereocenters. The molecule has 0 aromatic carbocycles. The molecule has 0 fully saturated rings. The molecule has 0 rings (SSSR count). The fourth-order valence-electron chi connectivity index (χ4n) is 0.778. The fraction of sp³-hybridized carbons (Fsp3) is 0.500. The lowest BCUT2D eigenvalue weighted by atomic mass is 10.3. The highest BCUT2D eigenvalue weighted by atomic mass is 31.2. The molecule has 0 bridgehead atoms. The second kappa shape index (κ2) is 5.90. The highest BCUT2D eigenvalue weighted by Gasteiger charge is 2.27. The van der Waals surface area contributed by atoms with E-state index in [2.05, 4.69) is 15.6 Å². The number of hydrogen-bond donors (Lipinski definition) is 0. The van der Waals surface area contributed by atoms with Crippen molar-refractivity contribution in [3.05, 3.63) is 18.0 Å². The Kier molecular flexibility index (Phi) is 5.60. The molecule has 0 spiro atoms. The van der Waals surface area contributed by atoms with E-state index in [9.17, 15) is 9.36 Å². The summed E-state index contributed by atoms with van der Waals surface area (Å²) in [6.07, 6.45) is 2.46. The summed E-state index contributed by atoms with van der Waals surface area (Å²) in [5.74, 6) is 1.59. The molecule has 0 aliphatic carbocycles. The van der Waals surface area contributed by atoms with Crippen LogP contribution in [0.15, 0.2) is 18.0 Å². The topological polar surface area (TPSA) is 52.6 Å². The van der Waals surface area contributed by atoms with Gasteiger partial charge in [0.2, 0.25) is 0 Å². The highest BCUT2D eigenvalue weighted by molar-refractivity contribution is 7.58. The minimum absolute atomic E-state index is 0.0254. The highest BCUT2D eigenvalue weighted by Crippen LogP contribution is 2.55. The van der Waals surface area contributed by atoms with E-state index < -0.39 is 7.60 Å². The second-order valence-corrected chi connectivity index (χ2v) is 4.50. The maximum atomic E-state index is 11.6. The Morgan fingerprint density at radius 1 is 1.54 bits per heavy atom. The predicted octanol–water partition coefficient (Wildman–Crippen LogP) is 2.15. The summed E-state index contributed by atoms with van der Waals surface area (Å²) in [7, 11) is -0.912. The van der Waals surface area contributed by atoms with Gasteiger partial charge >= 0.3 is 7.60 Å². The summed E-state index contributed by atoms with van der Waals surface area (Å²) in [5, 5.41) is 0.0254. The molecule has 0 aliphatic heterocycles. The van der Waals surface area contributed by atoms with Gasteiger partial charge < -0.3 is 9.05 Å². The van der Waals surface area contributed by atoms with Gasteiger partial charge in [-0.2, -0.15) is 0 Å². The van der Waals surface area contributed by atoms with Crippen molar-refractivity contribution in [1.29, 1.82) is 0 Å². The maximum absolute atomic E-state index is 11.6. The first kappa shape index (κ1) is 12.3. The van der Waals surface area contributed by atoms with Crippen LogP contribution in [0.2, 0.25) is 0 Å². The first-order chi connectivity index (χ1) is 6.14. The number of hydrogen-bond acceptors (Lipinski definition) is 4. The van der Waals surface area contributed by atoms with E-state index in [1.807, 2.05) is 0 Å². The molecule has 0 heterocycles. The third kappa shape index (κ3) is 3.29. The van der Waals surface area contributed by atoms with E-state index in [1.165, 1.54) is 14.2 Å². The molecule has 13 heavy (non-hydrogen) atoms.